The van der Waals surface area contributed by atoms with Crippen LogP contribution in [0.25, 0.3) is 0 Å². The zero-order chi connectivity index (χ0) is 9.84. The lowest BCUT2D eigenvalue weighted by Gasteiger charge is -2.07. The largest absolute Gasteiger partial charge is 0.480 e. The smallest absolute Gasteiger partial charge is 0.320 e. The highest BCUT2D eigenvalue weighted by Crippen LogP contribution is 2.34. The molecule has 0 bridgehead atoms. The van der Waals surface area contributed by atoms with Gasteiger partial charge >= 0.3 is 5.97 Å². The molecule has 1 aliphatic carbocycles. The van der Waals surface area contributed by atoms with Gasteiger partial charge in [-0.2, -0.15) is 0 Å². The molecule has 2 fully saturated rings. The number of nitrogens with one attached hydrogen (secondary N) is 1. The van der Waals surface area contributed by atoms with Crippen LogP contribution in [0.3, 0.4) is 0 Å². The number of hydrogen-bond acceptors (Lipinski definition) is 2. The van der Waals surface area contributed by atoms with Gasteiger partial charge in [0, 0.05) is 6.04 Å². The van der Waals surface area contributed by atoms with E-state index in [-0.39, 0.29) is 6.04 Å². The van der Waals surface area contributed by atoms with Crippen molar-refractivity contribution in [1.29, 1.82) is 0 Å². The molecule has 1 aliphatic heterocycles. The average molecular weight is 185 g/mol. The first-order chi connectivity index (χ1) is 6.27. The normalized spacial score (nSPS) is 36.3. The second-order valence-electron chi connectivity index (χ2n) is 3.59. The van der Waals surface area contributed by atoms with Crippen LogP contribution >= 0.6 is 0 Å². The lowest BCUT2D eigenvalue weighted by atomic mass is 10.0. The molecule has 0 aromatic heterocycles. The number of rotatable bonds is 1. The molecule has 3 heteroatoms. The summed E-state index contributed by atoms with van der Waals surface area (Å²) in [4.78, 5) is 10.6. The maximum absolute atomic E-state index is 10.6. The molecule has 0 spiro atoms. The molecule has 0 aromatic carbocycles. The molecule has 1 saturated carbocycles. The average Bonchev–Trinajstić information content (AvgIpc) is 2.65. The number of aliphatic carboxylic acids is 1. The van der Waals surface area contributed by atoms with Crippen molar-refractivity contribution in [2.75, 3.05) is 0 Å². The first-order valence-corrected chi connectivity index (χ1v) is 5.26. The molecule has 0 radical (unpaired) electrons. The van der Waals surface area contributed by atoms with Crippen LogP contribution in [0.5, 0.6) is 0 Å². The highest BCUT2D eigenvalue weighted by Gasteiger charge is 2.39. The maximum atomic E-state index is 10.6. The van der Waals surface area contributed by atoms with E-state index < -0.39 is 5.97 Å². The fraction of sp³-hybridized carbons (Fsp3) is 0.900. The van der Waals surface area contributed by atoms with Crippen LogP contribution in [0.2, 0.25) is 0 Å². The number of carboxylic acid groups (broad SMARTS) is 1. The van der Waals surface area contributed by atoms with Crippen molar-refractivity contribution in [3.63, 3.8) is 0 Å². The molecule has 3 nitrogen and oxygen atoms in total. The Morgan fingerprint density at radius 2 is 2.08 bits per heavy atom. The van der Waals surface area contributed by atoms with Gasteiger partial charge in [-0.1, -0.05) is 20.3 Å². The molecular formula is C10H19NO2. The van der Waals surface area contributed by atoms with Crippen LogP contribution in [-0.2, 0) is 4.79 Å². The molecule has 76 valence electrons. The Kier molecular flexibility index (Phi) is 3.72. The van der Waals surface area contributed by atoms with Gasteiger partial charge in [0.25, 0.3) is 0 Å². The molecule has 1 saturated heterocycles. The first kappa shape index (κ1) is 10.5. The van der Waals surface area contributed by atoms with Crippen molar-refractivity contribution in [1.82, 2.24) is 5.32 Å². The van der Waals surface area contributed by atoms with Crippen LogP contribution in [0.4, 0.5) is 0 Å². The SMILES string of the molecule is CC.O=C(O)C1C[C@@H]2CCC[C@@H]2N1. The first-order valence-electron chi connectivity index (χ1n) is 5.26. The molecule has 2 rings (SSSR count). The summed E-state index contributed by atoms with van der Waals surface area (Å²) in [7, 11) is 0. The van der Waals surface area contributed by atoms with Crippen molar-refractivity contribution in [3.8, 4) is 0 Å². The second kappa shape index (κ2) is 4.61. The zero-order valence-corrected chi connectivity index (χ0v) is 8.42. The minimum atomic E-state index is -0.681. The van der Waals surface area contributed by atoms with Crippen LogP contribution in [-0.4, -0.2) is 23.2 Å². The van der Waals surface area contributed by atoms with E-state index in [0.717, 1.165) is 6.42 Å². The van der Waals surface area contributed by atoms with E-state index in [9.17, 15) is 4.79 Å². The van der Waals surface area contributed by atoms with E-state index in [0.29, 0.717) is 12.0 Å². The fourth-order valence-electron chi connectivity index (χ4n) is 2.34. The van der Waals surface area contributed by atoms with E-state index in [1.54, 1.807) is 0 Å². The molecule has 2 aliphatic rings. The van der Waals surface area contributed by atoms with Gasteiger partial charge in [-0.3, -0.25) is 4.79 Å². The summed E-state index contributed by atoms with van der Waals surface area (Å²) < 4.78 is 0. The van der Waals surface area contributed by atoms with Crippen molar-refractivity contribution in [3.05, 3.63) is 0 Å². The Hall–Kier alpha value is -0.570. The van der Waals surface area contributed by atoms with Gasteiger partial charge in [0.2, 0.25) is 0 Å². The minimum Gasteiger partial charge on any atom is -0.480 e. The summed E-state index contributed by atoms with van der Waals surface area (Å²) in [6, 6.07) is 0.251. The standard InChI is InChI=1S/C8H13NO2.C2H6/c10-8(11)7-4-5-2-1-3-6(5)9-7;1-2/h5-7,9H,1-4H2,(H,10,11);1-2H3/t5-,6-,7?;/m0./s1. The van der Waals surface area contributed by atoms with Gasteiger partial charge in [0.05, 0.1) is 0 Å². The van der Waals surface area contributed by atoms with Gasteiger partial charge in [0.1, 0.15) is 6.04 Å². The highest BCUT2D eigenvalue weighted by molar-refractivity contribution is 5.74. The number of fused-ring (bicyclic) bond motifs is 1. The minimum absolute atomic E-state index is 0.259. The lowest BCUT2D eigenvalue weighted by molar-refractivity contribution is -0.139. The monoisotopic (exact) mass is 185 g/mol. The predicted molar refractivity (Wildman–Crippen MR) is 51.7 cm³/mol. The molecule has 1 heterocycles. The summed E-state index contributed by atoms with van der Waals surface area (Å²) in [5, 5.41) is 11.9. The molecule has 0 aromatic rings. The van der Waals surface area contributed by atoms with Crippen LogP contribution < -0.4 is 5.32 Å². The topological polar surface area (TPSA) is 49.3 Å². The van der Waals surface area contributed by atoms with Gasteiger partial charge in [-0.05, 0) is 25.2 Å². The Balaban J connectivity index is 0.000000396. The lowest BCUT2D eigenvalue weighted by Crippen LogP contribution is -2.34. The number of carbonyl (C=O) groups is 1. The van der Waals surface area contributed by atoms with Gasteiger partial charge in [0.15, 0.2) is 0 Å². The van der Waals surface area contributed by atoms with Crippen molar-refractivity contribution in [2.24, 2.45) is 5.92 Å². The Bertz CT molecular complexity index is 170. The Morgan fingerprint density at radius 3 is 2.62 bits per heavy atom. The van der Waals surface area contributed by atoms with Crippen molar-refractivity contribution >= 4 is 5.97 Å². The van der Waals surface area contributed by atoms with E-state index in [2.05, 4.69) is 5.32 Å². The molecular weight excluding hydrogens is 166 g/mol. The summed E-state index contributed by atoms with van der Waals surface area (Å²) in [5.41, 5.74) is 0. The maximum Gasteiger partial charge on any atom is 0.320 e. The Labute approximate surface area is 79.5 Å². The van der Waals surface area contributed by atoms with Gasteiger partial charge in [-0.25, -0.2) is 0 Å². The second-order valence-corrected chi connectivity index (χ2v) is 3.59. The van der Waals surface area contributed by atoms with E-state index in [4.69, 9.17) is 5.11 Å². The van der Waals surface area contributed by atoms with Gasteiger partial charge in [-0.15, -0.1) is 0 Å². The van der Waals surface area contributed by atoms with E-state index >= 15 is 0 Å². The van der Waals surface area contributed by atoms with Crippen LogP contribution in [0.15, 0.2) is 0 Å². The van der Waals surface area contributed by atoms with Crippen LogP contribution in [0.1, 0.15) is 39.5 Å². The fourth-order valence-corrected chi connectivity index (χ4v) is 2.34. The highest BCUT2D eigenvalue weighted by atomic mass is 16.4. The van der Waals surface area contributed by atoms with E-state index in [1.165, 1.54) is 19.3 Å². The third-order valence-corrected chi connectivity index (χ3v) is 2.91. The number of carboxylic acids is 1. The third kappa shape index (κ3) is 2.21. The molecule has 13 heavy (non-hydrogen) atoms. The number of hydrogen-bond donors (Lipinski definition) is 2. The molecule has 0 amide bonds. The molecule has 1 unspecified atom stereocenters. The Morgan fingerprint density at radius 1 is 1.38 bits per heavy atom. The van der Waals surface area contributed by atoms with E-state index in [1.807, 2.05) is 13.8 Å². The van der Waals surface area contributed by atoms with Crippen molar-refractivity contribution in [2.45, 2.75) is 51.6 Å². The summed E-state index contributed by atoms with van der Waals surface area (Å²) in [6.07, 6.45) is 4.52. The molecule has 3 atom stereocenters. The molecule has 2 N–H and O–H groups in total. The summed E-state index contributed by atoms with van der Waals surface area (Å²) in [6.45, 7) is 4.00. The quantitative estimate of drug-likeness (QED) is 0.652. The third-order valence-electron chi connectivity index (χ3n) is 2.91. The van der Waals surface area contributed by atoms with Crippen LogP contribution in [0, 0.1) is 5.92 Å². The predicted octanol–water partition coefficient (Wildman–Crippen LogP) is 1.63. The van der Waals surface area contributed by atoms with Gasteiger partial charge < -0.3 is 10.4 Å². The zero-order valence-electron chi connectivity index (χ0n) is 8.42. The summed E-state index contributed by atoms with van der Waals surface area (Å²) >= 11 is 0. The summed E-state index contributed by atoms with van der Waals surface area (Å²) in [5.74, 6) is -0.0319. The van der Waals surface area contributed by atoms with Crippen molar-refractivity contribution < 1.29 is 9.90 Å².